The fourth-order valence-electron chi connectivity index (χ4n) is 2.98. The van der Waals surface area contributed by atoms with Gasteiger partial charge in [0.1, 0.15) is 12.4 Å². The molecule has 0 aliphatic heterocycles. The van der Waals surface area contributed by atoms with Crippen LogP contribution < -0.4 is 10.2 Å². The number of hydrogen-bond acceptors (Lipinski definition) is 3. The van der Waals surface area contributed by atoms with Crippen molar-refractivity contribution in [2.24, 2.45) is 5.10 Å². The van der Waals surface area contributed by atoms with E-state index >= 15 is 0 Å². The second kappa shape index (κ2) is 10.7. The maximum atomic E-state index is 12.3. The Morgan fingerprint density at radius 1 is 0.968 bits per heavy atom. The molecular formula is C24H21Cl3N2O2. The number of amides is 1. The number of nitrogens with zero attached hydrogens (tertiary/aromatic N) is 1. The third-order valence-corrected chi connectivity index (χ3v) is 5.43. The molecule has 0 aliphatic rings. The zero-order chi connectivity index (χ0) is 22.4. The monoisotopic (exact) mass is 474 g/mol. The van der Waals surface area contributed by atoms with Crippen LogP contribution in [0.2, 0.25) is 15.1 Å². The van der Waals surface area contributed by atoms with Gasteiger partial charge in [-0.25, -0.2) is 5.43 Å². The van der Waals surface area contributed by atoms with Gasteiger partial charge < -0.3 is 4.74 Å². The summed E-state index contributed by atoms with van der Waals surface area (Å²) in [7, 11) is 0. The lowest BCUT2D eigenvalue weighted by atomic mass is 10.0. The van der Waals surface area contributed by atoms with E-state index in [1.165, 1.54) is 6.21 Å². The Balaban J connectivity index is 1.65. The maximum Gasteiger partial charge on any atom is 0.244 e. The number of carbonyl (C=O) groups is 1. The molecule has 3 aromatic carbocycles. The number of hydrogen-bond donors (Lipinski definition) is 1. The molecule has 0 saturated carbocycles. The topological polar surface area (TPSA) is 50.7 Å². The highest BCUT2D eigenvalue weighted by Crippen LogP contribution is 2.25. The van der Waals surface area contributed by atoms with E-state index in [2.05, 4.69) is 16.6 Å². The number of ether oxygens (including phenoxy) is 1. The van der Waals surface area contributed by atoms with Crippen LogP contribution in [0.5, 0.6) is 5.75 Å². The van der Waals surface area contributed by atoms with Crippen molar-refractivity contribution in [2.45, 2.75) is 26.9 Å². The minimum Gasteiger partial charge on any atom is -0.488 e. The van der Waals surface area contributed by atoms with Gasteiger partial charge in [0.25, 0.3) is 0 Å². The summed E-state index contributed by atoms with van der Waals surface area (Å²) in [6, 6.07) is 16.4. The molecule has 0 atom stereocenters. The van der Waals surface area contributed by atoms with E-state index in [9.17, 15) is 4.79 Å². The van der Waals surface area contributed by atoms with E-state index in [1.54, 1.807) is 30.3 Å². The van der Waals surface area contributed by atoms with Crippen LogP contribution in [0, 0.1) is 13.8 Å². The van der Waals surface area contributed by atoms with Crippen molar-refractivity contribution >= 4 is 46.9 Å². The van der Waals surface area contributed by atoms with Crippen molar-refractivity contribution in [1.29, 1.82) is 0 Å². The molecule has 1 N–H and O–H groups in total. The smallest absolute Gasteiger partial charge is 0.244 e. The molecule has 7 heteroatoms. The summed E-state index contributed by atoms with van der Waals surface area (Å²) in [6.45, 7) is 4.26. The fourth-order valence-corrected chi connectivity index (χ4v) is 3.62. The minimum atomic E-state index is -0.208. The first kappa shape index (κ1) is 23.1. The summed E-state index contributed by atoms with van der Waals surface area (Å²) in [4.78, 5) is 12.3. The third-order valence-electron chi connectivity index (χ3n) is 4.61. The van der Waals surface area contributed by atoms with Gasteiger partial charge in [0.15, 0.2) is 0 Å². The molecule has 4 nitrogen and oxygen atoms in total. The molecule has 3 aromatic rings. The normalized spacial score (nSPS) is 11.0. The standard InChI is InChI=1S/C24H21Cl3N2O2/c1-15-3-4-17(16(2)9-15)11-24(30)29-28-13-19-10-20(25)7-8-23(19)31-14-18-5-6-21(26)12-22(18)27/h3-10,12-13H,11,14H2,1-2H3,(H,29,30)/b28-13-. The lowest BCUT2D eigenvalue weighted by Gasteiger charge is -2.11. The van der Waals surface area contributed by atoms with E-state index in [4.69, 9.17) is 39.5 Å². The van der Waals surface area contributed by atoms with Crippen molar-refractivity contribution in [2.75, 3.05) is 0 Å². The molecule has 3 rings (SSSR count). The second-order valence-corrected chi connectivity index (χ2v) is 8.39. The molecule has 0 spiro atoms. The number of rotatable bonds is 7. The van der Waals surface area contributed by atoms with Crippen molar-refractivity contribution in [3.63, 3.8) is 0 Å². The summed E-state index contributed by atoms with van der Waals surface area (Å²) < 4.78 is 5.89. The Morgan fingerprint density at radius 3 is 2.42 bits per heavy atom. The Hall–Kier alpha value is -2.53. The maximum absolute atomic E-state index is 12.3. The van der Waals surface area contributed by atoms with Gasteiger partial charge >= 0.3 is 0 Å². The predicted molar refractivity (Wildman–Crippen MR) is 128 cm³/mol. The number of nitrogens with one attached hydrogen (secondary N) is 1. The summed E-state index contributed by atoms with van der Waals surface area (Å²) in [5.74, 6) is 0.350. The molecule has 0 aliphatic carbocycles. The van der Waals surface area contributed by atoms with Gasteiger partial charge in [0.2, 0.25) is 5.91 Å². The number of hydrazone groups is 1. The van der Waals surface area contributed by atoms with Crippen LogP contribution in [0.4, 0.5) is 0 Å². The summed E-state index contributed by atoms with van der Waals surface area (Å²) in [5, 5.41) is 5.68. The quantitative estimate of drug-likeness (QED) is 0.312. The van der Waals surface area contributed by atoms with Gasteiger partial charge in [0.05, 0.1) is 12.6 Å². The zero-order valence-electron chi connectivity index (χ0n) is 17.1. The molecule has 0 heterocycles. The van der Waals surface area contributed by atoms with Crippen molar-refractivity contribution < 1.29 is 9.53 Å². The third kappa shape index (κ3) is 6.73. The lowest BCUT2D eigenvalue weighted by Crippen LogP contribution is -2.20. The summed E-state index contributed by atoms with van der Waals surface area (Å²) >= 11 is 18.3. The SMILES string of the molecule is Cc1ccc(CC(=O)N/N=C\c2cc(Cl)ccc2OCc2ccc(Cl)cc2Cl)c(C)c1. The number of aryl methyl sites for hydroxylation is 2. The van der Waals surface area contributed by atoms with Crippen LogP contribution >= 0.6 is 34.8 Å². The van der Waals surface area contributed by atoms with Crippen molar-refractivity contribution in [1.82, 2.24) is 5.43 Å². The van der Waals surface area contributed by atoms with E-state index in [1.807, 2.05) is 32.0 Å². The molecule has 0 unspecified atom stereocenters. The van der Waals surface area contributed by atoms with Crippen LogP contribution in [0.25, 0.3) is 0 Å². The van der Waals surface area contributed by atoms with Crippen LogP contribution in [0.1, 0.15) is 27.8 Å². The van der Waals surface area contributed by atoms with E-state index in [0.717, 1.165) is 22.3 Å². The molecule has 0 bridgehead atoms. The van der Waals surface area contributed by atoms with Crippen LogP contribution in [0.3, 0.4) is 0 Å². The van der Waals surface area contributed by atoms with Crippen molar-refractivity contribution in [3.05, 3.63) is 97.5 Å². The Bertz CT molecular complexity index is 1130. The van der Waals surface area contributed by atoms with E-state index in [-0.39, 0.29) is 18.9 Å². The number of carbonyl (C=O) groups excluding carboxylic acids is 1. The highest BCUT2D eigenvalue weighted by atomic mass is 35.5. The van der Waals surface area contributed by atoms with Gasteiger partial charge in [-0.05, 0) is 55.3 Å². The fraction of sp³-hybridized carbons (Fsp3) is 0.167. The first-order chi connectivity index (χ1) is 14.8. The average Bonchev–Trinajstić information content (AvgIpc) is 2.70. The van der Waals surface area contributed by atoms with E-state index < -0.39 is 0 Å². The Labute approximate surface area is 196 Å². The molecule has 160 valence electrons. The van der Waals surface area contributed by atoms with Crippen LogP contribution in [-0.4, -0.2) is 12.1 Å². The number of benzene rings is 3. The van der Waals surface area contributed by atoms with Gasteiger partial charge in [-0.2, -0.15) is 5.10 Å². The van der Waals surface area contributed by atoms with Gasteiger partial charge in [-0.1, -0.05) is 64.6 Å². The first-order valence-electron chi connectivity index (χ1n) is 9.56. The molecule has 0 saturated heterocycles. The first-order valence-corrected chi connectivity index (χ1v) is 10.7. The van der Waals surface area contributed by atoms with Gasteiger partial charge in [-0.15, -0.1) is 0 Å². The lowest BCUT2D eigenvalue weighted by molar-refractivity contribution is -0.120. The van der Waals surface area contributed by atoms with Crippen LogP contribution in [-0.2, 0) is 17.8 Å². The van der Waals surface area contributed by atoms with Gasteiger partial charge in [0, 0.05) is 26.2 Å². The van der Waals surface area contributed by atoms with Crippen LogP contribution in [0.15, 0.2) is 59.7 Å². The highest BCUT2D eigenvalue weighted by Gasteiger charge is 2.08. The molecule has 31 heavy (non-hydrogen) atoms. The predicted octanol–water partition coefficient (Wildman–Crippen LogP) is 6.54. The molecule has 0 aromatic heterocycles. The van der Waals surface area contributed by atoms with Crippen molar-refractivity contribution in [3.8, 4) is 5.75 Å². The second-order valence-electron chi connectivity index (χ2n) is 7.11. The average molecular weight is 476 g/mol. The summed E-state index contributed by atoms with van der Waals surface area (Å²) in [6.07, 6.45) is 1.75. The minimum absolute atomic E-state index is 0.208. The highest BCUT2D eigenvalue weighted by molar-refractivity contribution is 6.35. The Morgan fingerprint density at radius 2 is 1.68 bits per heavy atom. The van der Waals surface area contributed by atoms with Gasteiger partial charge in [-0.3, -0.25) is 4.79 Å². The molecule has 0 fully saturated rings. The molecule has 0 radical (unpaired) electrons. The Kier molecular flexibility index (Phi) is 7.97. The largest absolute Gasteiger partial charge is 0.488 e. The molecule has 1 amide bonds. The zero-order valence-corrected chi connectivity index (χ0v) is 19.4. The number of halogens is 3. The summed E-state index contributed by atoms with van der Waals surface area (Å²) in [5.41, 5.74) is 7.18. The molecular weight excluding hydrogens is 455 g/mol. The van der Waals surface area contributed by atoms with E-state index in [0.29, 0.717) is 26.4 Å².